The summed E-state index contributed by atoms with van der Waals surface area (Å²) in [6.45, 7) is 7.89. The van der Waals surface area contributed by atoms with Crippen LogP contribution < -0.4 is 5.32 Å². The second kappa shape index (κ2) is 6.33. The number of aryl methyl sites for hydroxylation is 4. The molecule has 2 aromatic carbocycles. The van der Waals surface area contributed by atoms with Gasteiger partial charge in [-0.3, -0.25) is 4.79 Å². The average molecular weight is 342 g/mol. The van der Waals surface area contributed by atoms with Gasteiger partial charge in [-0.05, 0) is 62.1 Å². The number of anilines is 1. The topological polar surface area (TPSA) is 42.2 Å². The number of hydrogen-bond acceptors (Lipinski definition) is 2. The van der Waals surface area contributed by atoms with Gasteiger partial charge < -0.3 is 9.73 Å². The minimum Gasteiger partial charge on any atom is -0.464 e. The van der Waals surface area contributed by atoms with E-state index in [1.54, 1.807) is 6.26 Å². The lowest BCUT2D eigenvalue weighted by atomic mass is 10.0. The summed E-state index contributed by atoms with van der Waals surface area (Å²) < 4.78 is 5.62. The summed E-state index contributed by atoms with van der Waals surface area (Å²) in [5.74, 6) is -0.0671. The first-order valence-corrected chi connectivity index (χ1v) is 8.27. The van der Waals surface area contributed by atoms with Crippen molar-refractivity contribution in [2.24, 2.45) is 0 Å². The molecule has 1 amide bonds. The first-order chi connectivity index (χ1) is 11.4. The highest BCUT2D eigenvalue weighted by Crippen LogP contribution is 2.32. The lowest BCUT2D eigenvalue weighted by Gasteiger charge is -2.10. The van der Waals surface area contributed by atoms with E-state index in [0.717, 1.165) is 49.5 Å². The van der Waals surface area contributed by atoms with Gasteiger partial charge in [-0.1, -0.05) is 23.7 Å². The van der Waals surface area contributed by atoms with Crippen LogP contribution in [0.5, 0.6) is 0 Å². The standard InChI is InChI=1S/C20H20ClNO2/c1-11-5-6-12(2)16(7-11)22-18(23)9-15-10-24-17-8-13(3)20(21)14(4)19(15)17/h5-8,10H,9H2,1-4H3,(H,22,23). The molecule has 0 aliphatic heterocycles. The van der Waals surface area contributed by atoms with Crippen molar-refractivity contribution in [1.29, 1.82) is 0 Å². The third kappa shape index (κ3) is 3.04. The quantitative estimate of drug-likeness (QED) is 0.683. The van der Waals surface area contributed by atoms with Crippen LogP contribution in [0.15, 0.2) is 34.9 Å². The fourth-order valence-corrected chi connectivity index (χ4v) is 3.13. The van der Waals surface area contributed by atoms with Crippen molar-refractivity contribution in [3.63, 3.8) is 0 Å². The largest absolute Gasteiger partial charge is 0.464 e. The van der Waals surface area contributed by atoms with Crippen molar-refractivity contribution in [3.8, 4) is 0 Å². The third-order valence-electron chi connectivity index (χ3n) is 4.31. The first kappa shape index (κ1) is 16.6. The molecular weight excluding hydrogens is 322 g/mol. The van der Waals surface area contributed by atoms with Crippen LogP contribution in [0.25, 0.3) is 11.0 Å². The van der Waals surface area contributed by atoms with Gasteiger partial charge in [-0.15, -0.1) is 0 Å². The van der Waals surface area contributed by atoms with Crippen LogP contribution in [0, 0.1) is 27.7 Å². The molecule has 3 nitrogen and oxygen atoms in total. The van der Waals surface area contributed by atoms with Gasteiger partial charge in [-0.2, -0.15) is 0 Å². The monoisotopic (exact) mass is 341 g/mol. The van der Waals surface area contributed by atoms with Crippen LogP contribution in [-0.2, 0) is 11.2 Å². The Morgan fingerprint density at radius 1 is 1.12 bits per heavy atom. The van der Waals surface area contributed by atoms with E-state index >= 15 is 0 Å². The molecule has 0 atom stereocenters. The van der Waals surface area contributed by atoms with E-state index in [9.17, 15) is 4.79 Å². The van der Waals surface area contributed by atoms with E-state index < -0.39 is 0 Å². The molecule has 1 heterocycles. The molecule has 3 rings (SSSR count). The van der Waals surface area contributed by atoms with Crippen LogP contribution in [0.3, 0.4) is 0 Å². The van der Waals surface area contributed by atoms with E-state index in [1.165, 1.54) is 0 Å². The Bertz CT molecular complexity index is 940. The summed E-state index contributed by atoms with van der Waals surface area (Å²) in [5.41, 5.74) is 6.55. The van der Waals surface area contributed by atoms with E-state index in [-0.39, 0.29) is 12.3 Å². The van der Waals surface area contributed by atoms with Gasteiger partial charge in [0.2, 0.25) is 5.91 Å². The van der Waals surface area contributed by atoms with Gasteiger partial charge >= 0.3 is 0 Å². The Balaban J connectivity index is 1.89. The van der Waals surface area contributed by atoms with Crippen molar-refractivity contribution in [1.82, 2.24) is 0 Å². The van der Waals surface area contributed by atoms with Gasteiger partial charge in [0, 0.05) is 21.7 Å². The SMILES string of the molecule is Cc1ccc(C)c(NC(=O)Cc2coc3cc(C)c(Cl)c(C)c23)c1. The third-order valence-corrected chi connectivity index (χ3v) is 4.89. The summed E-state index contributed by atoms with van der Waals surface area (Å²) in [5, 5.41) is 4.64. The highest BCUT2D eigenvalue weighted by Gasteiger charge is 2.16. The minimum atomic E-state index is -0.0671. The number of hydrogen-bond donors (Lipinski definition) is 1. The number of halogens is 1. The first-order valence-electron chi connectivity index (χ1n) is 7.89. The number of rotatable bonds is 3. The molecule has 0 radical (unpaired) electrons. The van der Waals surface area contributed by atoms with Crippen LogP contribution >= 0.6 is 11.6 Å². The molecule has 124 valence electrons. The molecule has 0 fully saturated rings. The second-order valence-electron chi connectivity index (χ2n) is 6.31. The molecular formula is C20H20ClNO2. The van der Waals surface area contributed by atoms with Crippen molar-refractivity contribution in [3.05, 3.63) is 63.4 Å². The normalized spacial score (nSPS) is 11.0. The molecule has 3 aromatic rings. The zero-order valence-electron chi connectivity index (χ0n) is 14.3. The number of benzene rings is 2. The van der Waals surface area contributed by atoms with E-state index in [4.69, 9.17) is 16.0 Å². The van der Waals surface area contributed by atoms with Crippen molar-refractivity contribution in [2.45, 2.75) is 34.1 Å². The molecule has 1 N–H and O–H groups in total. The molecule has 0 spiro atoms. The lowest BCUT2D eigenvalue weighted by Crippen LogP contribution is -2.15. The summed E-state index contributed by atoms with van der Waals surface area (Å²) in [6.07, 6.45) is 1.90. The van der Waals surface area contributed by atoms with Crippen LogP contribution in [0.1, 0.15) is 27.8 Å². The van der Waals surface area contributed by atoms with Gasteiger partial charge in [0.05, 0.1) is 12.7 Å². The molecule has 0 unspecified atom stereocenters. The zero-order chi connectivity index (χ0) is 17.4. The molecule has 0 aliphatic rings. The Morgan fingerprint density at radius 2 is 1.88 bits per heavy atom. The average Bonchev–Trinajstić information content (AvgIpc) is 2.91. The Morgan fingerprint density at radius 3 is 2.62 bits per heavy atom. The number of carbonyl (C=O) groups is 1. The van der Waals surface area contributed by atoms with E-state index in [2.05, 4.69) is 5.32 Å². The Labute approximate surface area is 146 Å². The number of furan rings is 1. The maximum Gasteiger partial charge on any atom is 0.228 e. The van der Waals surface area contributed by atoms with Crippen LogP contribution in [-0.4, -0.2) is 5.91 Å². The van der Waals surface area contributed by atoms with Crippen LogP contribution in [0.2, 0.25) is 5.02 Å². The minimum absolute atomic E-state index is 0.0671. The van der Waals surface area contributed by atoms with Crippen molar-refractivity contribution < 1.29 is 9.21 Å². The van der Waals surface area contributed by atoms with Gasteiger partial charge in [0.1, 0.15) is 5.58 Å². The number of carbonyl (C=O) groups excluding carboxylic acids is 1. The van der Waals surface area contributed by atoms with Crippen molar-refractivity contribution >= 4 is 34.2 Å². The van der Waals surface area contributed by atoms with E-state index in [0.29, 0.717) is 0 Å². The molecule has 0 bridgehead atoms. The van der Waals surface area contributed by atoms with Gasteiger partial charge in [-0.25, -0.2) is 0 Å². The fraction of sp³-hybridized carbons (Fsp3) is 0.250. The maximum atomic E-state index is 12.5. The Hall–Kier alpha value is -2.26. The number of amides is 1. The molecule has 0 saturated heterocycles. The fourth-order valence-electron chi connectivity index (χ4n) is 2.98. The molecule has 4 heteroatoms. The number of nitrogens with one attached hydrogen (secondary N) is 1. The highest BCUT2D eigenvalue weighted by atomic mass is 35.5. The summed E-state index contributed by atoms with van der Waals surface area (Å²) >= 11 is 6.35. The molecule has 1 aromatic heterocycles. The molecule has 24 heavy (non-hydrogen) atoms. The Kier molecular flexibility index (Phi) is 4.37. The van der Waals surface area contributed by atoms with Gasteiger partial charge in [0.15, 0.2) is 0 Å². The highest BCUT2D eigenvalue weighted by molar-refractivity contribution is 6.33. The smallest absolute Gasteiger partial charge is 0.228 e. The summed E-state index contributed by atoms with van der Waals surface area (Å²) in [6, 6.07) is 7.93. The second-order valence-corrected chi connectivity index (χ2v) is 6.69. The number of fused-ring (bicyclic) bond motifs is 1. The van der Waals surface area contributed by atoms with E-state index in [1.807, 2.05) is 52.0 Å². The molecule has 0 aliphatic carbocycles. The lowest BCUT2D eigenvalue weighted by molar-refractivity contribution is -0.115. The summed E-state index contributed by atoms with van der Waals surface area (Å²) in [7, 11) is 0. The van der Waals surface area contributed by atoms with Crippen molar-refractivity contribution in [2.75, 3.05) is 5.32 Å². The predicted molar refractivity (Wildman–Crippen MR) is 98.9 cm³/mol. The van der Waals surface area contributed by atoms with Crippen LogP contribution in [0.4, 0.5) is 5.69 Å². The summed E-state index contributed by atoms with van der Waals surface area (Å²) in [4.78, 5) is 12.5. The maximum absolute atomic E-state index is 12.5. The predicted octanol–water partition coefficient (Wildman–Crippen LogP) is 5.50. The zero-order valence-corrected chi connectivity index (χ0v) is 15.0. The molecule has 0 saturated carbocycles. The van der Waals surface area contributed by atoms with Gasteiger partial charge in [0.25, 0.3) is 0 Å².